The van der Waals surface area contributed by atoms with Crippen LogP contribution < -0.4 is 10.2 Å². The van der Waals surface area contributed by atoms with Gasteiger partial charge in [0.25, 0.3) is 0 Å². The van der Waals surface area contributed by atoms with Crippen LogP contribution in [-0.4, -0.2) is 30.9 Å². The molecule has 0 radical (unpaired) electrons. The maximum atomic E-state index is 5.44. The van der Waals surface area contributed by atoms with E-state index in [0.717, 1.165) is 39.4 Å². The normalized spacial score (nSPS) is 15.2. The minimum Gasteiger partial charge on any atom is -0.378 e. The van der Waals surface area contributed by atoms with Crippen LogP contribution in [0.2, 0.25) is 0 Å². The molecule has 1 aliphatic rings. The van der Waals surface area contributed by atoms with Gasteiger partial charge in [0, 0.05) is 31.5 Å². The third-order valence-corrected chi connectivity index (χ3v) is 3.98. The number of aryl methyl sites for hydroxylation is 1. The lowest BCUT2D eigenvalue weighted by molar-refractivity contribution is 0.123. The van der Waals surface area contributed by atoms with Crippen LogP contribution in [0.25, 0.3) is 0 Å². The van der Waals surface area contributed by atoms with Crippen molar-refractivity contribution < 1.29 is 4.74 Å². The van der Waals surface area contributed by atoms with E-state index in [9.17, 15) is 0 Å². The predicted molar refractivity (Wildman–Crippen MR) is 86.9 cm³/mol. The van der Waals surface area contributed by atoms with Gasteiger partial charge in [0.2, 0.25) is 0 Å². The molecule has 0 amide bonds. The van der Waals surface area contributed by atoms with Crippen LogP contribution in [0.1, 0.15) is 12.6 Å². The Bertz CT molecular complexity index is 573. The largest absolute Gasteiger partial charge is 0.378 e. The Hall–Kier alpha value is -1.94. The van der Waals surface area contributed by atoms with E-state index in [1.807, 2.05) is 0 Å². The Morgan fingerprint density at radius 3 is 2.71 bits per heavy atom. The van der Waals surface area contributed by atoms with E-state index in [2.05, 4.69) is 64.3 Å². The lowest BCUT2D eigenvalue weighted by Crippen LogP contribution is -2.36. The summed E-state index contributed by atoms with van der Waals surface area (Å²) < 4.78 is 7.71. The highest BCUT2D eigenvalue weighted by atomic mass is 16.5. The van der Waals surface area contributed by atoms with Gasteiger partial charge in [0.05, 0.1) is 31.1 Å². The molecule has 1 aromatic carbocycles. The first kappa shape index (κ1) is 14.0. The molecule has 0 unspecified atom stereocenters. The summed E-state index contributed by atoms with van der Waals surface area (Å²) in [6.07, 6.45) is 2.13. The van der Waals surface area contributed by atoms with Gasteiger partial charge in [-0.25, -0.2) is 0 Å². The first-order valence-corrected chi connectivity index (χ1v) is 7.68. The van der Waals surface area contributed by atoms with E-state index in [-0.39, 0.29) is 0 Å². The molecule has 0 saturated carbocycles. The fourth-order valence-electron chi connectivity index (χ4n) is 2.81. The molecule has 4 heteroatoms. The van der Waals surface area contributed by atoms with Gasteiger partial charge in [0.1, 0.15) is 0 Å². The van der Waals surface area contributed by atoms with Crippen LogP contribution in [0.15, 0.2) is 42.6 Å². The fraction of sp³-hybridized carbons (Fsp3) is 0.412. The van der Waals surface area contributed by atoms with E-state index in [4.69, 9.17) is 4.74 Å². The first-order valence-electron chi connectivity index (χ1n) is 7.68. The highest BCUT2D eigenvalue weighted by Gasteiger charge is 2.14. The van der Waals surface area contributed by atoms with Crippen LogP contribution in [0.4, 0.5) is 11.4 Å². The summed E-state index contributed by atoms with van der Waals surface area (Å²) in [5.41, 5.74) is 3.79. The van der Waals surface area contributed by atoms with Crippen molar-refractivity contribution in [2.24, 2.45) is 0 Å². The number of morpholine rings is 1. The highest BCUT2D eigenvalue weighted by Crippen LogP contribution is 2.26. The topological polar surface area (TPSA) is 29.4 Å². The molecule has 1 fully saturated rings. The van der Waals surface area contributed by atoms with E-state index in [1.165, 1.54) is 17.1 Å². The van der Waals surface area contributed by atoms with Crippen molar-refractivity contribution in [3.05, 3.63) is 48.3 Å². The second-order valence-corrected chi connectivity index (χ2v) is 5.26. The van der Waals surface area contributed by atoms with Gasteiger partial charge < -0.3 is 19.5 Å². The van der Waals surface area contributed by atoms with Crippen molar-refractivity contribution in [3.8, 4) is 0 Å². The molecular weight excluding hydrogens is 262 g/mol. The quantitative estimate of drug-likeness (QED) is 0.916. The zero-order valence-corrected chi connectivity index (χ0v) is 12.6. The molecule has 2 heterocycles. The number of nitrogens with one attached hydrogen (secondary N) is 1. The van der Waals surface area contributed by atoms with Crippen molar-refractivity contribution in [3.63, 3.8) is 0 Å². The molecule has 0 bridgehead atoms. The number of nitrogens with zero attached hydrogens (tertiary/aromatic N) is 2. The zero-order valence-electron chi connectivity index (χ0n) is 12.6. The van der Waals surface area contributed by atoms with Crippen LogP contribution in [-0.2, 0) is 17.8 Å². The third kappa shape index (κ3) is 3.22. The fourth-order valence-corrected chi connectivity index (χ4v) is 2.81. The molecule has 1 aromatic heterocycles. The summed E-state index contributed by atoms with van der Waals surface area (Å²) in [5.74, 6) is 0. The minimum atomic E-state index is 0.813. The van der Waals surface area contributed by atoms with Crippen LogP contribution in [0.5, 0.6) is 0 Å². The third-order valence-electron chi connectivity index (χ3n) is 3.98. The lowest BCUT2D eigenvalue weighted by Gasteiger charge is -2.30. The molecule has 1 saturated heterocycles. The Balaban J connectivity index is 1.73. The zero-order chi connectivity index (χ0) is 14.5. The number of hydrogen-bond donors (Lipinski definition) is 1. The number of aromatic nitrogens is 1. The van der Waals surface area contributed by atoms with Crippen LogP contribution in [0, 0.1) is 0 Å². The Labute approximate surface area is 126 Å². The summed E-state index contributed by atoms with van der Waals surface area (Å²) in [6, 6.07) is 12.8. The van der Waals surface area contributed by atoms with E-state index in [0.29, 0.717) is 0 Å². The monoisotopic (exact) mass is 285 g/mol. The number of hydrogen-bond acceptors (Lipinski definition) is 3. The number of ether oxygens (including phenoxy) is 1. The van der Waals surface area contributed by atoms with Gasteiger partial charge in [-0.15, -0.1) is 0 Å². The standard InChI is InChI=1S/C17H23N3O/c1-2-19-9-5-6-15(19)14-18-16-7-3-4-8-17(16)20-10-12-21-13-11-20/h3-9,18H,2,10-14H2,1H3. The van der Waals surface area contributed by atoms with Crippen LogP contribution >= 0.6 is 0 Å². The van der Waals surface area contributed by atoms with Crippen molar-refractivity contribution >= 4 is 11.4 Å². The van der Waals surface area contributed by atoms with Crippen molar-refractivity contribution in [1.29, 1.82) is 0 Å². The minimum absolute atomic E-state index is 0.813. The van der Waals surface area contributed by atoms with Gasteiger partial charge in [-0.2, -0.15) is 0 Å². The average Bonchev–Trinajstić information content (AvgIpc) is 3.01. The number of anilines is 2. The maximum Gasteiger partial charge on any atom is 0.0642 e. The second-order valence-electron chi connectivity index (χ2n) is 5.26. The number of para-hydroxylation sites is 2. The molecule has 112 valence electrons. The maximum absolute atomic E-state index is 5.44. The van der Waals surface area contributed by atoms with E-state index < -0.39 is 0 Å². The highest BCUT2D eigenvalue weighted by molar-refractivity contribution is 5.70. The molecule has 0 atom stereocenters. The molecule has 21 heavy (non-hydrogen) atoms. The van der Waals surface area contributed by atoms with Gasteiger partial charge in [-0.05, 0) is 31.2 Å². The molecule has 1 aliphatic heterocycles. The van der Waals surface area contributed by atoms with E-state index in [1.54, 1.807) is 0 Å². The molecule has 0 aliphatic carbocycles. The molecule has 4 nitrogen and oxygen atoms in total. The smallest absolute Gasteiger partial charge is 0.0642 e. The first-order chi connectivity index (χ1) is 10.4. The summed E-state index contributed by atoms with van der Waals surface area (Å²) in [7, 11) is 0. The summed E-state index contributed by atoms with van der Waals surface area (Å²) in [6.45, 7) is 7.58. The van der Waals surface area contributed by atoms with Crippen molar-refractivity contribution in [2.75, 3.05) is 36.5 Å². The summed E-state index contributed by atoms with van der Waals surface area (Å²) in [5, 5.41) is 3.58. The SMILES string of the molecule is CCn1cccc1CNc1ccccc1N1CCOCC1. The second kappa shape index (κ2) is 6.68. The van der Waals surface area contributed by atoms with E-state index >= 15 is 0 Å². The molecule has 2 aromatic rings. The molecule has 3 rings (SSSR count). The average molecular weight is 285 g/mol. The van der Waals surface area contributed by atoms with Gasteiger partial charge >= 0.3 is 0 Å². The molecular formula is C17H23N3O. The van der Waals surface area contributed by atoms with Crippen molar-refractivity contribution in [1.82, 2.24) is 4.57 Å². The van der Waals surface area contributed by atoms with Gasteiger partial charge in [-0.3, -0.25) is 0 Å². The van der Waals surface area contributed by atoms with Gasteiger partial charge in [0.15, 0.2) is 0 Å². The molecule has 1 N–H and O–H groups in total. The Morgan fingerprint density at radius 1 is 1.10 bits per heavy atom. The predicted octanol–water partition coefficient (Wildman–Crippen LogP) is 2.96. The number of rotatable bonds is 5. The van der Waals surface area contributed by atoms with Crippen LogP contribution in [0.3, 0.4) is 0 Å². The van der Waals surface area contributed by atoms with Crippen molar-refractivity contribution in [2.45, 2.75) is 20.0 Å². The molecule has 0 spiro atoms. The summed E-state index contributed by atoms with van der Waals surface area (Å²) >= 11 is 0. The number of benzene rings is 1. The lowest BCUT2D eigenvalue weighted by atomic mass is 10.2. The summed E-state index contributed by atoms with van der Waals surface area (Å²) in [4.78, 5) is 2.39. The Morgan fingerprint density at radius 2 is 1.90 bits per heavy atom. The Kier molecular flexibility index (Phi) is 4.46. The van der Waals surface area contributed by atoms with Gasteiger partial charge in [-0.1, -0.05) is 12.1 Å².